The largest absolute Gasteiger partial charge is 0.361 e. The maximum absolute atomic E-state index is 12.1. The van der Waals surface area contributed by atoms with Gasteiger partial charge in [-0.2, -0.15) is 0 Å². The molecule has 9 heteroatoms. The SMILES string of the molecule is Cc1noc(C)c1C(=O)Nc1nc(Cl)ccc1[N+](=O)[O-]. The van der Waals surface area contributed by atoms with Gasteiger partial charge in [-0.25, -0.2) is 4.98 Å². The zero-order valence-electron chi connectivity index (χ0n) is 10.5. The number of pyridine rings is 1. The maximum atomic E-state index is 12.1. The fraction of sp³-hybridized carbons (Fsp3) is 0.182. The Hall–Kier alpha value is -2.48. The van der Waals surface area contributed by atoms with Gasteiger partial charge < -0.3 is 9.84 Å². The van der Waals surface area contributed by atoms with E-state index in [4.69, 9.17) is 16.1 Å². The van der Waals surface area contributed by atoms with Gasteiger partial charge in [-0.3, -0.25) is 14.9 Å². The number of rotatable bonds is 3. The molecule has 2 rings (SSSR count). The predicted molar refractivity (Wildman–Crippen MR) is 69.8 cm³/mol. The molecule has 0 bridgehead atoms. The van der Waals surface area contributed by atoms with Crippen LogP contribution in [0.3, 0.4) is 0 Å². The average Bonchev–Trinajstić information content (AvgIpc) is 2.68. The van der Waals surface area contributed by atoms with Crippen molar-refractivity contribution >= 4 is 29.0 Å². The van der Waals surface area contributed by atoms with Crippen LogP contribution in [-0.4, -0.2) is 21.0 Å². The molecule has 0 saturated heterocycles. The highest BCUT2D eigenvalue weighted by Gasteiger charge is 2.22. The third kappa shape index (κ3) is 2.59. The molecule has 0 saturated carbocycles. The van der Waals surface area contributed by atoms with Crippen LogP contribution in [0.4, 0.5) is 11.5 Å². The van der Waals surface area contributed by atoms with Crippen LogP contribution in [0.15, 0.2) is 16.7 Å². The van der Waals surface area contributed by atoms with Crippen molar-refractivity contribution in [1.82, 2.24) is 10.1 Å². The number of hydrogen-bond donors (Lipinski definition) is 1. The molecule has 0 radical (unpaired) electrons. The Bertz CT molecular complexity index is 678. The molecule has 2 aromatic rings. The van der Waals surface area contributed by atoms with Crippen molar-refractivity contribution in [1.29, 1.82) is 0 Å². The lowest BCUT2D eigenvalue weighted by Gasteiger charge is -2.05. The van der Waals surface area contributed by atoms with Crippen LogP contribution in [0.2, 0.25) is 5.15 Å². The van der Waals surface area contributed by atoms with Gasteiger partial charge in [0.2, 0.25) is 5.82 Å². The summed E-state index contributed by atoms with van der Waals surface area (Å²) in [4.78, 5) is 26.0. The van der Waals surface area contributed by atoms with Crippen molar-refractivity contribution in [3.05, 3.63) is 44.4 Å². The third-order valence-corrected chi connectivity index (χ3v) is 2.74. The van der Waals surface area contributed by atoms with E-state index in [-0.39, 0.29) is 22.2 Å². The van der Waals surface area contributed by atoms with Gasteiger partial charge in [-0.15, -0.1) is 0 Å². The monoisotopic (exact) mass is 296 g/mol. The van der Waals surface area contributed by atoms with Crippen LogP contribution in [0, 0.1) is 24.0 Å². The highest BCUT2D eigenvalue weighted by Crippen LogP contribution is 2.25. The van der Waals surface area contributed by atoms with Gasteiger partial charge in [-0.1, -0.05) is 16.8 Å². The van der Waals surface area contributed by atoms with Crippen molar-refractivity contribution in [3.63, 3.8) is 0 Å². The summed E-state index contributed by atoms with van der Waals surface area (Å²) in [6.45, 7) is 3.15. The maximum Gasteiger partial charge on any atom is 0.311 e. The van der Waals surface area contributed by atoms with Crippen molar-refractivity contribution in [2.75, 3.05) is 5.32 Å². The molecule has 2 heterocycles. The van der Waals surface area contributed by atoms with E-state index in [1.165, 1.54) is 6.07 Å². The van der Waals surface area contributed by atoms with Crippen LogP contribution in [0.5, 0.6) is 0 Å². The predicted octanol–water partition coefficient (Wildman–Crippen LogP) is 2.50. The average molecular weight is 297 g/mol. The Labute approximate surface area is 117 Å². The van der Waals surface area contributed by atoms with Gasteiger partial charge in [-0.05, 0) is 19.9 Å². The van der Waals surface area contributed by atoms with E-state index in [1.54, 1.807) is 13.8 Å². The molecule has 0 spiro atoms. The van der Waals surface area contributed by atoms with Crippen LogP contribution in [-0.2, 0) is 0 Å². The van der Waals surface area contributed by atoms with Crippen LogP contribution in [0.25, 0.3) is 0 Å². The number of carbonyl (C=O) groups excluding carboxylic acids is 1. The van der Waals surface area contributed by atoms with Gasteiger partial charge in [0.15, 0.2) is 0 Å². The Morgan fingerprint density at radius 3 is 2.70 bits per heavy atom. The Morgan fingerprint density at radius 2 is 2.15 bits per heavy atom. The van der Waals surface area contributed by atoms with E-state index < -0.39 is 10.8 Å². The van der Waals surface area contributed by atoms with Gasteiger partial charge in [0.25, 0.3) is 5.91 Å². The molecule has 0 aliphatic carbocycles. The van der Waals surface area contributed by atoms with Gasteiger partial charge in [0.1, 0.15) is 16.5 Å². The minimum atomic E-state index is -0.660. The minimum absolute atomic E-state index is 0.0321. The van der Waals surface area contributed by atoms with E-state index in [1.807, 2.05) is 0 Å². The summed E-state index contributed by atoms with van der Waals surface area (Å²) in [5.41, 5.74) is 0.236. The quantitative estimate of drug-likeness (QED) is 0.529. The lowest BCUT2D eigenvalue weighted by Crippen LogP contribution is -2.15. The number of nitrogens with one attached hydrogen (secondary N) is 1. The number of halogens is 1. The summed E-state index contributed by atoms with van der Waals surface area (Å²) in [5.74, 6) is -0.517. The van der Waals surface area contributed by atoms with Crippen LogP contribution >= 0.6 is 11.6 Å². The molecule has 104 valence electrons. The first-order valence-corrected chi connectivity index (χ1v) is 5.83. The molecular formula is C11H9ClN4O4. The molecule has 2 aromatic heterocycles. The second-order valence-electron chi connectivity index (χ2n) is 3.91. The first kappa shape index (κ1) is 13.9. The Morgan fingerprint density at radius 1 is 1.45 bits per heavy atom. The highest BCUT2D eigenvalue weighted by molar-refractivity contribution is 6.29. The van der Waals surface area contributed by atoms with E-state index >= 15 is 0 Å². The smallest absolute Gasteiger partial charge is 0.311 e. The zero-order chi connectivity index (χ0) is 14.9. The molecule has 0 fully saturated rings. The van der Waals surface area contributed by atoms with Crippen molar-refractivity contribution in [2.24, 2.45) is 0 Å². The molecule has 0 aliphatic heterocycles. The molecule has 20 heavy (non-hydrogen) atoms. The van der Waals surface area contributed by atoms with Crippen molar-refractivity contribution < 1.29 is 14.2 Å². The lowest BCUT2D eigenvalue weighted by atomic mass is 10.2. The highest BCUT2D eigenvalue weighted by atomic mass is 35.5. The summed E-state index contributed by atoms with van der Waals surface area (Å²) < 4.78 is 4.86. The van der Waals surface area contributed by atoms with Crippen molar-refractivity contribution in [3.8, 4) is 0 Å². The number of anilines is 1. The molecule has 1 amide bonds. The Kier molecular flexibility index (Phi) is 3.66. The number of amides is 1. The molecule has 0 aromatic carbocycles. The fourth-order valence-electron chi connectivity index (χ4n) is 1.64. The summed E-state index contributed by atoms with van der Waals surface area (Å²) in [5, 5.41) is 16.9. The summed E-state index contributed by atoms with van der Waals surface area (Å²) in [6, 6.07) is 2.43. The number of nitrogens with zero attached hydrogens (tertiary/aromatic N) is 3. The number of aromatic nitrogens is 2. The van der Waals surface area contributed by atoms with E-state index in [2.05, 4.69) is 15.5 Å². The molecule has 8 nitrogen and oxygen atoms in total. The molecule has 0 aliphatic rings. The zero-order valence-corrected chi connectivity index (χ0v) is 11.3. The molecule has 0 unspecified atom stereocenters. The van der Waals surface area contributed by atoms with Crippen molar-refractivity contribution in [2.45, 2.75) is 13.8 Å². The fourth-order valence-corrected chi connectivity index (χ4v) is 1.79. The number of nitro groups is 1. The molecule has 0 atom stereocenters. The Balaban J connectivity index is 2.37. The summed E-state index contributed by atoms with van der Waals surface area (Å²) in [7, 11) is 0. The standard InChI is InChI=1S/C11H9ClN4O4/c1-5-9(6(2)20-15-5)11(17)14-10-7(16(18)19)3-4-8(12)13-10/h3-4H,1-2H3,(H,13,14,17). The molecular weight excluding hydrogens is 288 g/mol. The normalized spacial score (nSPS) is 10.3. The lowest BCUT2D eigenvalue weighted by molar-refractivity contribution is -0.384. The summed E-state index contributed by atoms with van der Waals surface area (Å²) in [6.07, 6.45) is 0. The van der Waals surface area contributed by atoms with E-state index in [9.17, 15) is 14.9 Å². The minimum Gasteiger partial charge on any atom is -0.361 e. The van der Waals surface area contributed by atoms with E-state index in [0.717, 1.165) is 6.07 Å². The van der Waals surface area contributed by atoms with Gasteiger partial charge in [0.05, 0.1) is 10.6 Å². The third-order valence-electron chi connectivity index (χ3n) is 2.53. The summed E-state index contributed by atoms with van der Waals surface area (Å²) >= 11 is 5.68. The first-order valence-electron chi connectivity index (χ1n) is 5.45. The number of carbonyl (C=O) groups is 1. The van der Waals surface area contributed by atoms with Gasteiger partial charge >= 0.3 is 5.69 Å². The van der Waals surface area contributed by atoms with Gasteiger partial charge in [0, 0.05) is 6.07 Å². The molecule has 1 N–H and O–H groups in total. The number of aryl methyl sites for hydroxylation is 2. The first-order chi connectivity index (χ1) is 9.40. The van der Waals surface area contributed by atoms with E-state index in [0.29, 0.717) is 11.5 Å². The second kappa shape index (κ2) is 5.25. The van der Waals surface area contributed by atoms with Crippen LogP contribution in [0.1, 0.15) is 21.8 Å². The van der Waals surface area contributed by atoms with Crippen LogP contribution < -0.4 is 5.32 Å². The number of hydrogen-bond acceptors (Lipinski definition) is 6. The topological polar surface area (TPSA) is 111 Å². The second-order valence-corrected chi connectivity index (χ2v) is 4.30.